The van der Waals surface area contributed by atoms with E-state index in [0.29, 0.717) is 24.6 Å². The quantitative estimate of drug-likeness (QED) is 0.535. The molecule has 2 aromatic heterocycles. The van der Waals surface area contributed by atoms with Crippen LogP contribution >= 0.6 is 11.5 Å². The SMILES string of the molecule is CC[C@H](C(=O)NCCC(C)C)N(Cc1ccco1)C(=O)c1snc(C(N)=O)c1N. The fourth-order valence-electron chi connectivity index (χ4n) is 2.80. The number of nitrogens with one attached hydrogen (secondary N) is 1. The molecule has 2 rings (SSSR count). The number of amides is 3. The molecule has 0 bridgehead atoms. The fourth-order valence-corrected chi connectivity index (χ4v) is 3.56. The Hall–Kier alpha value is -2.88. The van der Waals surface area contributed by atoms with Crippen LogP contribution in [0.1, 0.15) is 59.5 Å². The zero-order valence-electron chi connectivity index (χ0n) is 16.8. The highest BCUT2D eigenvalue weighted by Crippen LogP contribution is 2.25. The molecule has 0 aliphatic rings. The maximum atomic E-state index is 13.3. The second kappa shape index (κ2) is 10.1. The predicted octanol–water partition coefficient (Wildman–Crippen LogP) is 2.00. The van der Waals surface area contributed by atoms with Gasteiger partial charge in [-0.2, -0.15) is 4.37 Å². The average Bonchev–Trinajstić information content (AvgIpc) is 3.30. The van der Waals surface area contributed by atoms with Gasteiger partial charge in [-0.15, -0.1) is 0 Å². The van der Waals surface area contributed by atoms with Gasteiger partial charge < -0.3 is 26.1 Å². The third kappa shape index (κ3) is 5.57. The van der Waals surface area contributed by atoms with Gasteiger partial charge in [0.15, 0.2) is 5.69 Å². The summed E-state index contributed by atoms with van der Waals surface area (Å²) in [6, 6.07) is 2.68. The fraction of sp³-hybridized carbons (Fsp3) is 0.474. The maximum absolute atomic E-state index is 13.3. The Balaban J connectivity index is 2.31. The van der Waals surface area contributed by atoms with Crippen LogP contribution in [0.3, 0.4) is 0 Å². The van der Waals surface area contributed by atoms with Crippen LogP contribution in [0.25, 0.3) is 0 Å². The van der Waals surface area contributed by atoms with Gasteiger partial charge in [-0.3, -0.25) is 14.4 Å². The molecule has 2 heterocycles. The lowest BCUT2D eigenvalue weighted by Crippen LogP contribution is -2.49. The molecule has 9 nitrogen and oxygen atoms in total. The van der Waals surface area contributed by atoms with E-state index in [9.17, 15) is 14.4 Å². The lowest BCUT2D eigenvalue weighted by molar-refractivity contribution is -0.126. The molecule has 1 atom stereocenters. The van der Waals surface area contributed by atoms with Crippen LogP contribution in [0.2, 0.25) is 0 Å². The molecular formula is C19H27N5O4S. The summed E-state index contributed by atoms with van der Waals surface area (Å²) in [5, 5.41) is 2.89. The van der Waals surface area contributed by atoms with Crippen molar-refractivity contribution in [2.24, 2.45) is 11.7 Å². The zero-order chi connectivity index (χ0) is 21.6. The standard InChI is InChI=1S/C19H27N5O4S/c1-4-13(18(26)22-8-7-11(2)3)24(10-12-6-5-9-28-12)19(27)16-14(20)15(17(21)25)23-29-16/h5-6,9,11,13H,4,7-8,10,20H2,1-3H3,(H2,21,25)(H,22,26)/t13-/m1/s1. The number of hydrogen-bond donors (Lipinski definition) is 3. The number of carbonyl (C=O) groups is 3. The number of furan rings is 1. The number of nitrogen functional groups attached to an aromatic ring is 1. The molecule has 0 saturated carbocycles. The second-order valence-corrected chi connectivity index (χ2v) is 7.82. The number of carbonyl (C=O) groups excluding carboxylic acids is 3. The van der Waals surface area contributed by atoms with Crippen LogP contribution in [0.5, 0.6) is 0 Å². The van der Waals surface area contributed by atoms with Gasteiger partial charge in [0.2, 0.25) is 5.91 Å². The number of nitrogens with two attached hydrogens (primary N) is 2. The third-order valence-corrected chi connectivity index (χ3v) is 5.26. The van der Waals surface area contributed by atoms with E-state index >= 15 is 0 Å². The van der Waals surface area contributed by atoms with Crippen molar-refractivity contribution in [1.29, 1.82) is 0 Å². The largest absolute Gasteiger partial charge is 0.467 e. The molecule has 158 valence electrons. The van der Waals surface area contributed by atoms with E-state index in [-0.39, 0.29) is 28.7 Å². The Morgan fingerprint density at radius 1 is 1.34 bits per heavy atom. The van der Waals surface area contributed by atoms with E-state index in [2.05, 4.69) is 23.5 Å². The van der Waals surface area contributed by atoms with Gasteiger partial charge >= 0.3 is 0 Å². The van der Waals surface area contributed by atoms with Crippen molar-refractivity contribution in [2.45, 2.75) is 46.2 Å². The highest BCUT2D eigenvalue weighted by molar-refractivity contribution is 7.09. The number of nitrogens with zero attached hydrogens (tertiary/aromatic N) is 2. The summed E-state index contributed by atoms with van der Waals surface area (Å²) < 4.78 is 9.25. The first-order chi connectivity index (χ1) is 13.8. The van der Waals surface area contributed by atoms with E-state index in [1.165, 1.54) is 11.2 Å². The van der Waals surface area contributed by atoms with Crippen molar-refractivity contribution in [1.82, 2.24) is 14.6 Å². The van der Waals surface area contributed by atoms with Gasteiger partial charge in [0.05, 0.1) is 18.5 Å². The van der Waals surface area contributed by atoms with E-state index < -0.39 is 17.9 Å². The Kier molecular flexibility index (Phi) is 7.77. The first-order valence-electron chi connectivity index (χ1n) is 9.42. The molecule has 0 saturated heterocycles. The van der Waals surface area contributed by atoms with Gasteiger partial charge in [0.1, 0.15) is 16.7 Å². The number of rotatable bonds is 10. The van der Waals surface area contributed by atoms with E-state index in [1.807, 2.05) is 6.92 Å². The minimum atomic E-state index is -0.811. The minimum Gasteiger partial charge on any atom is -0.467 e. The van der Waals surface area contributed by atoms with Crippen molar-refractivity contribution in [3.8, 4) is 0 Å². The van der Waals surface area contributed by atoms with Crippen molar-refractivity contribution in [3.63, 3.8) is 0 Å². The van der Waals surface area contributed by atoms with Crippen molar-refractivity contribution >= 4 is 34.9 Å². The van der Waals surface area contributed by atoms with Gasteiger partial charge in [-0.25, -0.2) is 0 Å². The van der Waals surface area contributed by atoms with Gasteiger partial charge in [0.25, 0.3) is 11.8 Å². The summed E-state index contributed by atoms with van der Waals surface area (Å²) in [6.07, 6.45) is 2.72. The van der Waals surface area contributed by atoms with Gasteiger partial charge in [-0.1, -0.05) is 20.8 Å². The van der Waals surface area contributed by atoms with E-state index in [1.54, 1.807) is 12.1 Å². The van der Waals surface area contributed by atoms with Crippen LogP contribution in [0.4, 0.5) is 5.69 Å². The van der Waals surface area contributed by atoms with E-state index in [4.69, 9.17) is 15.9 Å². The first kappa shape index (κ1) is 22.4. The third-order valence-electron chi connectivity index (χ3n) is 4.41. The molecule has 0 aromatic carbocycles. The monoisotopic (exact) mass is 421 g/mol. The summed E-state index contributed by atoms with van der Waals surface area (Å²) in [4.78, 5) is 39.0. The van der Waals surface area contributed by atoms with Gasteiger partial charge in [0, 0.05) is 6.54 Å². The average molecular weight is 422 g/mol. The minimum absolute atomic E-state index is 0.0683. The van der Waals surface area contributed by atoms with Crippen LogP contribution < -0.4 is 16.8 Å². The number of hydrogen-bond acceptors (Lipinski definition) is 7. The molecule has 0 unspecified atom stereocenters. The normalized spacial score (nSPS) is 12.0. The highest BCUT2D eigenvalue weighted by Gasteiger charge is 2.33. The lowest BCUT2D eigenvalue weighted by Gasteiger charge is -2.29. The summed E-state index contributed by atoms with van der Waals surface area (Å²) in [5.74, 6) is -0.611. The molecule has 5 N–H and O–H groups in total. The summed E-state index contributed by atoms with van der Waals surface area (Å²) in [5.41, 5.74) is 10.9. The molecule has 0 radical (unpaired) electrons. The molecule has 10 heteroatoms. The Morgan fingerprint density at radius 3 is 2.59 bits per heavy atom. The Morgan fingerprint density at radius 2 is 2.07 bits per heavy atom. The van der Waals surface area contributed by atoms with Crippen LogP contribution in [-0.2, 0) is 11.3 Å². The Labute approximate surface area is 173 Å². The molecule has 3 amide bonds. The summed E-state index contributed by atoms with van der Waals surface area (Å²) in [6.45, 7) is 6.55. The van der Waals surface area contributed by atoms with Crippen LogP contribution in [-0.4, -0.2) is 39.6 Å². The molecule has 29 heavy (non-hydrogen) atoms. The predicted molar refractivity (Wildman–Crippen MR) is 110 cm³/mol. The topological polar surface area (TPSA) is 145 Å². The van der Waals surface area contributed by atoms with Crippen molar-refractivity contribution in [3.05, 3.63) is 34.7 Å². The smallest absolute Gasteiger partial charge is 0.270 e. The number of anilines is 1. The highest BCUT2D eigenvalue weighted by atomic mass is 32.1. The first-order valence-corrected chi connectivity index (χ1v) is 10.2. The molecule has 2 aromatic rings. The van der Waals surface area contributed by atoms with Gasteiger partial charge in [-0.05, 0) is 42.4 Å². The number of primary amides is 1. The maximum Gasteiger partial charge on any atom is 0.270 e. The zero-order valence-corrected chi connectivity index (χ0v) is 17.6. The Bertz CT molecular complexity index is 847. The van der Waals surface area contributed by atoms with Crippen LogP contribution in [0, 0.1) is 5.92 Å². The number of aromatic nitrogens is 1. The molecular weight excluding hydrogens is 394 g/mol. The molecule has 0 fully saturated rings. The van der Waals surface area contributed by atoms with Crippen molar-refractivity contribution < 1.29 is 18.8 Å². The van der Waals surface area contributed by atoms with Crippen molar-refractivity contribution in [2.75, 3.05) is 12.3 Å². The summed E-state index contributed by atoms with van der Waals surface area (Å²) in [7, 11) is 0. The second-order valence-electron chi connectivity index (χ2n) is 7.05. The molecule has 0 aliphatic carbocycles. The summed E-state index contributed by atoms with van der Waals surface area (Å²) >= 11 is 0.786. The van der Waals surface area contributed by atoms with E-state index in [0.717, 1.165) is 18.0 Å². The lowest BCUT2D eigenvalue weighted by atomic mass is 10.1. The molecule has 0 spiro atoms. The molecule has 0 aliphatic heterocycles. The van der Waals surface area contributed by atoms with Crippen LogP contribution in [0.15, 0.2) is 22.8 Å².